The average molecular weight is 385 g/mol. The number of benzene rings is 2. The highest BCUT2D eigenvalue weighted by molar-refractivity contribution is 6.03. The lowest BCUT2D eigenvalue weighted by Gasteiger charge is -2.19. The molecular weight excluding hydrogens is 366 g/mol. The number of ether oxygens (including phenoxy) is 3. The summed E-state index contributed by atoms with van der Waals surface area (Å²) in [5, 5.41) is 11.4. The maximum atomic E-state index is 12.7. The number of carbonyl (C=O) groups excluding carboxylic acids is 2. The molecule has 0 bridgehead atoms. The van der Waals surface area contributed by atoms with Gasteiger partial charge in [0, 0.05) is 11.6 Å². The average Bonchev–Trinajstić information content (AvgIpc) is 2.68. The number of Topliss-reactive ketones (excluding diaryl/α,β-unsaturated/α-hetero) is 1. The highest BCUT2D eigenvalue weighted by Gasteiger charge is 2.30. The molecule has 1 aliphatic rings. The minimum absolute atomic E-state index is 0.189. The summed E-state index contributed by atoms with van der Waals surface area (Å²) in [6, 6.07) is 7.74. The van der Waals surface area contributed by atoms with Crippen LogP contribution in [0.15, 0.2) is 30.3 Å². The Morgan fingerprint density at radius 3 is 2.36 bits per heavy atom. The highest BCUT2D eigenvalue weighted by Crippen LogP contribution is 2.37. The van der Waals surface area contributed by atoms with Crippen LogP contribution in [-0.4, -0.2) is 36.0 Å². The Hall–Kier alpha value is -3.42. The SMILES string of the molecule is Cc1ccc(C)c(C(=O)C(C)OC(=O)c2cc3c(cc2[N+](=O)[O-])OCCO3)c1. The van der Waals surface area contributed by atoms with Crippen molar-refractivity contribution in [2.75, 3.05) is 13.2 Å². The fourth-order valence-electron chi connectivity index (χ4n) is 2.89. The topological polar surface area (TPSA) is 105 Å². The number of nitro groups is 1. The maximum absolute atomic E-state index is 12.7. The Kier molecular flexibility index (Phi) is 5.30. The third-order valence-electron chi connectivity index (χ3n) is 4.39. The lowest BCUT2D eigenvalue weighted by Crippen LogP contribution is -2.26. The summed E-state index contributed by atoms with van der Waals surface area (Å²) in [6.45, 7) is 5.60. The van der Waals surface area contributed by atoms with E-state index in [0.717, 1.165) is 17.2 Å². The van der Waals surface area contributed by atoms with Gasteiger partial charge in [-0.3, -0.25) is 14.9 Å². The number of esters is 1. The Labute approximate surface area is 161 Å². The molecule has 1 unspecified atom stereocenters. The van der Waals surface area contributed by atoms with E-state index >= 15 is 0 Å². The van der Waals surface area contributed by atoms with Gasteiger partial charge in [0.25, 0.3) is 5.69 Å². The largest absolute Gasteiger partial charge is 0.486 e. The molecule has 0 aromatic heterocycles. The zero-order valence-corrected chi connectivity index (χ0v) is 15.7. The van der Waals surface area contributed by atoms with Crippen LogP contribution in [0.3, 0.4) is 0 Å². The van der Waals surface area contributed by atoms with E-state index in [9.17, 15) is 19.7 Å². The van der Waals surface area contributed by atoms with Crippen molar-refractivity contribution in [1.82, 2.24) is 0 Å². The van der Waals surface area contributed by atoms with E-state index in [0.29, 0.717) is 5.56 Å². The minimum Gasteiger partial charge on any atom is -0.486 e. The van der Waals surface area contributed by atoms with Gasteiger partial charge in [-0.05, 0) is 32.4 Å². The van der Waals surface area contributed by atoms with E-state index in [-0.39, 0.29) is 36.1 Å². The molecule has 146 valence electrons. The quantitative estimate of drug-likeness (QED) is 0.336. The molecule has 0 aliphatic carbocycles. The summed E-state index contributed by atoms with van der Waals surface area (Å²) in [5.41, 5.74) is 1.33. The van der Waals surface area contributed by atoms with Crippen molar-refractivity contribution >= 4 is 17.4 Å². The molecule has 0 amide bonds. The van der Waals surface area contributed by atoms with Crippen LogP contribution in [0.2, 0.25) is 0 Å². The first kappa shape index (κ1) is 19.3. The van der Waals surface area contributed by atoms with Crippen LogP contribution < -0.4 is 9.47 Å². The number of ketones is 1. The number of fused-ring (bicyclic) bond motifs is 1. The fourth-order valence-corrected chi connectivity index (χ4v) is 2.89. The monoisotopic (exact) mass is 385 g/mol. The predicted molar refractivity (Wildman–Crippen MR) is 99.2 cm³/mol. The molecule has 0 radical (unpaired) electrons. The van der Waals surface area contributed by atoms with E-state index in [4.69, 9.17) is 14.2 Å². The number of hydrogen-bond acceptors (Lipinski definition) is 7. The van der Waals surface area contributed by atoms with E-state index in [1.54, 1.807) is 13.0 Å². The van der Waals surface area contributed by atoms with Crippen molar-refractivity contribution < 1.29 is 28.7 Å². The van der Waals surface area contributed by atoms with Crippen LogP contribution in [-0.2, 0) is 4.74 Å². The molecule has 28 heavy (non-hydrogen) atoms. The molecule has 0 saturated carbocycles. The third kappa shape index (κ3) is 3.80. The van der Waals surface area contributed by atoms with E-state index in [1.165, 1.54) is 13.0 Å². The zero-order chi connectivity index (χ0) is 20.4. The van der Waals surface area contributed by atoms with Crippen LogP contribution in [0.1, 0.15) is 38.8 Å². The standard InChI is InChI=1S/C20H19NO7/c1-11-4-5-12(2)14(8-11)19(22)13(3)28-20(23)15-9-17-18(27-7-6-26-17)10-16(15)21(24)25/h4-5,8-10,13H,6-7H2,1-3H3. The number of nitrogens with zero attached hydrogens (tertiary/aromatic N) is 1. The summed E-state index contributed by atoms with van der Waals surface area (Å²) in [6.07, 6.45) is -1.11. The first-order valence-corrected chi connectivity index (χ1v) is 8.68. The molecule has 3 rings (SSSR count). The number of aryl methyl sites for hydroxylation is 2. The van der Waals surface area contributed by atoms with Gasteiger partial charge < -0.3 is 14.2 Å². The Morgan fingerprint density at radius 2 is 1.71 bits per heavy atom. The lowest BCUT2D eigenvalue weighted by molar-refractivity contribution is -0.385. The molecule has 1 aliphatic heterocycles. The van der Waals surface area contributed by atoms with Crippen LogP contribution in [0, 0.1) is 24.0 Å². The van der Waals surface area contributed by atoms with Gasteiger partial charge in [-0.2, -0.15) is 0 Å². The first-order chi connectivity index (χ1) is 13.3. The van der Waals surface area contributed by atoms with E-state index in [2.05, 4.69) is 0 Å². The molecule has 1 heterocycles. The van der Waals surface area contributed by atoms with Crippen molar-refractivity contribution in [3.05, 3.63) is 62.7 Å². The van der Waals surface area contributed by atoms with Crippen LogP contribution in [0.4, 0.5) is 5.69 Å². The lowest BCUT2D eigenvalue weighted by atomic mass is 9.99. The van der Waals surface area contributed by atoms with Crippen LogP contribution in [0.5, 0.6) is 11.5 Å². The summed E-state index contributed by atoms with van der Waals surface area (Å²) < 4.78 is 15.9. The van der Waals surface area contributed by atoms with Gasteiger partial charge in [-0.1, -0.05) is 17.7 Å². The van der Waals surface area contributed by atoms with Crippen LogP contribution >= 0.6 is 0 Å². The molecule has 0 N–H and O–H groups in total. The first-order valence-electron chi connectivity index (χ1n) is 8.68. The second-order valence-electron chi connectivity index (χ2n) is 6.50. The van der Waals surface area contributed by atoms with Gasteiger partial charge in [0.2, 0.25) is 5.78 Å². The second-order valence-corrected chi connectivity index (χ2v) is 6.50. The van der Waals surface area contributed by atoms with Crippen molar-refractivity contribution in [1.29, 1.82) is 0 Å². The molecule has 2 aromatic rings. The highest BCUT2D eigenvalue weighted by atomic mass is 16.6. The number of carbonyl (C=O) groups is 2. The smallest absolute Gasteiger partial charge is 0.346 e. The van der Waals surface area contributed by atoms with Crippen molar-refractivity contribution in [2.24, 2.45) is 0 Å². The number of nitro benzene ring substituents is 1. The Balaban J connectivity index is 1.87. The normalized spacial score (nSPS) is 13.5. The molecule has 2 aromatic carbocycles. The number of rotatable bonds is 5. The Morgan fingerprint density at radius 1 is 1.07 bits per heavy atom. The van der Waals surface area contributed by atoms with E-state index in [1.807, 2.05) is 19.1 Å². The van der Waals surface area contributed by atoms with Gasteiger partial charge in [0.1, 0.15) is 18.8 Å². The van der Waals surface area contributed by atoms with Crippen molar-refractivity contribution in [3.63, 3.8) is 0 Å². The molecule has 8 nitrogen and oxygen atoms in total. The summed E-state index contributed by atoms with van der Waals surface area (Å²) in [5.74, 6) is -0.948. The predicted octanol–water partition coefficient (Wildman–Crippen LogP) is 3.41. The van der Waals surface area contributed by atoms with Crippen molar-refractivity contribution in [2.45, 2.75) is 26.9 Å². The third-order valence-corrected chi connectivity index (χ3v) is 4.39. The van der Waals surface area contributed by atoms with Crippen molar-refractivity contribution in [3.8, 4) is 11.5 Å². The number of hydrogen-bond donors (Lipinski definition) is 0. The summed E-state index contributed by atoms with van der Waals surface area (Å²) in [4.78, 5) is 35.9. The van der Waals surface area contributed by atoms with E-state index < -0.39 is 22.7 Å². The molecule has 0 saturated heterocycles. The molecule has 0 fully saturated rings. The molecular formula is C20H19NO7. The maximum Gasteiger partial charge on any atom is 0.346 e. The zero-order valence-electron chi connectivity index (χ0n) is 15.7. The van der Waals surface area contributed by atoms with Gasteiger partial charge in [-0.25, -0.2) is 4.79 Å². The van der Waals surface area contributed by atoms with Crippen LogP contribution in [0.25, 0.3) is 0 Å². The van der Waals surface area contributed by atoms with Gasteiger partial charge in [0.15, 0.2) is 17.6 Å². The minimum atomic E-state index is -1.11. The molecule has 8 heteroatoms. The Bertz CT molecular complexity index is 967. The molecule has 1 atom stereocenters. The fraction of sp³-hybridized carbons (Fsp3) is 0.300. The van der Waals surface area contributed by atoms with Gasteiger partial charge in [0.05, 0.1) is 11.0 Å². The van der Waals surface area contributed by atoms with Gasteiger partial charge in [-0.15, -0.1) is 0 Å². The van der Waals surface area contributed by atoms with Gasteiger partial charge >= 0.3 is 5.97 Å². The summed E-state index contributed by atoms with van der Waals surface area (Å²) >= 11 is 0. The molecule has 0 spiro atoms. The summed E-state index contributed by atoms with van der Waals surface area (Å²) in [7, 11) is 0. The second kappa shape index (κ2) is 7.67.